The van der Waals surface area contributed by atoms with Crippen molar-refractivity contribution in [3.63, 3.8) is 0 Å². The third kappa shape index (κ3) is 14.6. The molecule has 0 N–H and O–H groups in total. The van der Waals surface area contributed by atoms with Gasteiger partial charge in [-0.05, 0) is 86.8 Å². The van der Waals surface area contributed by atoms with E-state index >= 15 is 0 Å². The van der Waals surface area contributed by atoms with Crippen LogP contribution in [-0.4, -0.2) is 18.7 Å². The van der Waals surface area contributed by atoms with E-state index < -0.39 is 17.6 Å². The lowest BCUT2D eigenvalue weighted by molar-refractivity contribution is 0.0734. The summed E-state index contributed by atoms with van der Waals surface area (Å²) < 4.78 is 46.1. The minimum absolute atomic E-state index is 0.0534. The Labute approximate surface area is 281 Å². The maximum atomic E-state index is 14.6. The minimum atomic E-state index is -0.669. The van der Waals surface area contributed by atoms with Crippen molar-refractivity contribution < 1.29 is 27.8 Å². The maximum Gasteiger partial charge on any atom is 0.343 e. The monoisotopic (exact) mass is 646 g/mol. The lowest BCUT2D eigenvalue weighted by Gasteiger charge is -2.15. The first kappa shape index (κ1) is 37.6. The van der Waals surface area contributed by atoms with Crippen molar-refractivity contribution >= 4 is 5.97 Å². The van der Waals surface area contributed by atoms with Gasteiger partial charge in [-0.15, -0.1) is 0 Å². The van der Waals surface area contributed by atoms with Gasteiger partial charge in [-0.2, -0.15) is 0 Å². The van der Waals surface area contributed by atoms with E-state index in [2.05, 4.69) is 25.7 Å². The van der Waals surface area contributed by atoms with Gasteiger partial charge in [0.2, 0.25) is 0 Å². The largest absolute Gasteiger partial charge is 0.491 e. The quantitative estimate of drug-likeness (QED) is 0.0500. The predicted octanol–water partition coefficient (Wildman–Crippen LogP) is 11.6. The third-order valence-electron chi connectivity index (χ3n) is 8.06. The Morgan fingerprint density at radius 3 is 1.85 bits per heavy atom. The molecule has 0 amide bonds. The highest BCUT2D eigenvalue weighted by Crippen LogP contribution is 2.23. The molecular weight excluding hydrogens is 594 g/mol. The van der Waals surface area contributed by atoms with E-state index in [0.29, 0.717) is 23.5 Å². The molecular formula is C41H52F2O4. The smallest absolute Gasteiger partial charge is 0.343 e. The van der Waals surface area contributed by atoms with Gasteiger partial charge in [0.15, 0.2) is 23.1 Å². The van der Waals surface area contributed by atoms with E-state index in [-0.39, 0.29) is 23.2 Å². The molecule has 0 saturated carbocycles. The lowest BCUT2D eigenvalue weighted by Crippen LogP contribution is -2.12. The van der Waals surface area contributed by atoms with Crippen LogP contribution < -0.4 is 14.2 Å². The highest BCUT2D eigenvalue weighted by Gasteiger charge is 2.13. The number of carbonyl (C=O) groups excluding carboxylic acids is 1. The summed E-state index contributed by atoms with van der Waals surface area (Å²) in [4.78, 5) is 12.6. The number of rotatable bonds is 21. The normalized spacial score (nSPS) is 11.4. The second-order valence-electron chi connectivity index (χ2n) is 12.3. The van der Waals surface area contributed by atoms with Crippen LogP contribution in [0.4, 0.5) is 8.78 Å². The molecule has 3 rings (SSSR count). The highest BCUT2D eigenvalue weighted by atomic mass is 19.1. The standard InChI is InChI=1S/C41H52F2O4/c1-4-6-8-10-11-12-13-14-15-17-29-45-39-28-24-35(31-38(39)43)41(44)47-36-25-21-33(22-26-36)19-20-34-23-27-40(37(42)30-34)46-32(3)18-16-9-7-5-2/h21-28,30-32H,4-18,29H2,1-3H3. The molecule has 1 atom stereocenters. The molecule has 0 spiro atoms. The first-order valence-electron chi connectivity index (χ1n) is 17.6. The van der Waals surface area contributed by atoms with E-state index in [4.69, 9.17) is 14.2 Å². The summed E-state index contributed by atoms with van der Waals surface area (Å²) in [6.45, 7) is 6.81. The van der Waals surface area contributed by atoms with Crippen molar-refractivity contribution in [3.8, 4) is 29.1 Å². The number of carbonyl (C=O) groups is 1. The minimum Gasteiger partial charge on any atom is -0.491 e. The summed E-state index contributed by atoms with van der Waals surface area (Å²) in [5, 5.41) is 0. The SMILES string of the molecule is CCCCCCCCCCCCOc1ccc(C(=O)Oc2ccc(C#Cc3ccc(OC(C)CCCCCC)c(F)c3)cc2)cc1F. The van der Waals surface area contributed by atoms with Crippen molar-refractivity contribution in [2.45, 2.75) is 123 Å². The summed E-state index contributed by atoms with van der Waals surface area (Å²) in [7, 11) is 0. The van der Waals surface area contributed by atoms with Crippen LogP contribution in [0.1, 0.15) is 139 Å². The van der Waals surface area contributed by atoms with Crippen LogP contribution >= 0.6 is 0 Å². The van der Waals surface area contributed by atoms with Crippen LogP contribution in [-0.2, 0) is 0 Å². The molecule has 3 aromatic carbocycles. The maximum absolute atomic E-state index is 14.6. The Morgan fingerprint density at radius 2 is 1.21 bits per heavy atom. The van der Waals surface area contributed by atoms with Crippen LogP contribution in [0.2, 0.25) is 0 Å². The second-order valence-corrected chi connectivity index (χ2v) is 12.3. The number of benzene rings is 3. The van der Waals surface area contributed by atoms with Gasteiger partial charge in [-0.1, -0.05) is 103 Å². The van der Waals surface area contributed by atoms with Crippen molar-refractivity contribution in [2.24, 2.45) is 0 Å². The Morgan fingerprint density at radius 1 is 0.660 bits per heavy atom. The van der Waals surface area contributed by atoms with Crippen molar-refractivity contribution in [1.82, 2.24) is 0 Å². The molecule has 0 radical (unpaired) electrons. The van der Waals surface area contributed by atoms with Gasteiger partial charge in [0, 0.05) is 11.1 Å². The zero-order valence-electron chi connectivity index (χ0n) is 28.6. The van der Waals surface area contributed by atoms with E-state index in [0.717, 1.165) is 38.2 Å². The van der Waals surface area contributed by atoms with Crippen LogP contribution in [0.15, 0.2) is 60.7 Å². The first-order chi connectivity index (χ1) is 22.9. The molecule has 3 aromatic rings. The van der Waals surface area contributed by atoms with Crippen LogP contribution in [0.5, 0.6) is 17.2 Å². The fourth-order valence-corrected chi connectivity index (χ4v) is 5.24. The first-order valence-corrected chi connectivity index (χ1v) is 17.6. The van der Waals surface area contributed by atoms with Gasteiger partial charge in [-0.25, -0.2) is 13.6 Å². The van der Waals surface area contributed by atoms with Crippen molar-refractivity contribution in [1.29, 1.82) is 0 Å². The Bertz CT molecular complexity index is 1410. The number of unbranched alkanes of at least 4 members (excludes halogenated alkanes) is 12. The van der Waals surface area contributed by atoms with Gasteiger partial charge in [0.05, 0.1) is 18.3 Å². The molecule has 0 bridgehead atoms. The van der Waals surface area contributed by atoms with Gasteiger partial charge >= 0.3 is 5.97 Å². The predicted molar refractivity (Wildman–Crippen MR) is 186 cm³/mol. The summed E-state index contributed by atoms with van der Waals surface area (Å²) in [6.07, 6.45) is 17.6. The Hall–Kier alpha value is -3.85. The number of hydrogen-bond acceptors (Lipinski definition) is 4. The number of halogens is 2. The molecule has 0 fully saturated rings. The molecule has 0 aliphatic carbocycles. The van der Waals surface area contributed by atoms with Gasteiger partial charge < -0.3 is 14.2 Å². The van der Waals surface area contributed by atoms with Gasteiger partial charge in [-0.3, -0.25) is 0 Å². The molecule has 0 aliphatic heterocycles. The van der Waals surface area contributed by atoms with Gasteiger partial charge in [0.1, 0.15) is 5.75 Å². The fraction of sp³-hybridized carbons (Fsp3) is 0.488. The molecule has 47 heavy (non-hydrogen) atoms. The second kappa shape index (κ2) is 21.9. The molecule has 0 aromatic heterocycles. The van der Waals surface area contributed by atoms with Gasteiger partial charge in [0.25, 0.3) is 0 Å². The number of ether oxygens (including phenoxy) is 3. The Balaban J connectivity index is 1.41. The van der Waals surface area contributed by atoms with Crippen LogP contribution in [0.3, 0.4) is 0 Å². The summed E-state index contributed by atoms with van der Waals surface area (Å²) in [5.74, 6) is 4.92. The molecule has 0 aliphatic rings. The summed E-state index contributed by atoms with van der Waals surface area (Å²) in [5.41, 5.74) is 1.29. The average Bonchev–Trinajstić information content (AvgIpc) is 3.07. The third-order valence-corrected chi connectivity index (χ3v) is 8.06. The Kier molecular flexibility index (Phi) is 17.5. The molecule has 254 valence electrons. The van der Waals surface area contributed by atoms with E-state index in [1.807, 2.05) is 6.92 Å². The topological polar surface area (TPSA) is 44.8 Å². The average molecular weight is 647 g/mol. The van der Waals surface area contributed by atoms with Crippen LogP contribution in [0.25, 0.3) is 0 Å². The summed E-state index contributed by atoms with van der Waals surface area (Å²) >= 11 is 0. The zero-order chi connectivity index (χ0) is 33.7. The molecule has 6 heteroatoms. The fourth-order valence-electron chi connectivity index (χ4n) is 5.24. The molecule has 0 saturated heterocycles. The number of esters is 1. The zero-order valence-corrected chi connectivity index (χ0v) is 28.6. The number of hydrogen-bond donors (Lipinski definition) is 0. The van der Waals surface area contributed by atoms with E-state index in [9.17, 15) is 13.6 Å². The highest BCUT2D eigenvalue weighted by molar-refractivity contribution is 5.91. The molecule has 4 nitrogen and oxygen atoms in total. The lowest BCUT2D eigenvalue weighted by atomic mass is 10.1. The summed E-state index contributed by atoms with van der Waals surface area (Å²) in [6, 6.07) is 15.5. The van der Waals surface area contributed by atoms with Crippen molar-refractivity contribution in [2.75, 3.05) is 6.61 Å². The van der Waals surface area contributed by atoms with Crippen molar-refractivity contribution in [3.05, 3.63) is 89.0 Å². The molecule has 1 unspecified atom stereocenters. The van der Waals surface area contributed by atoms with E-state index in [1.165, 1.54) is 82.4 Å². The molecule has 0 heterocycles. The van der Waals surface area contributed by atoms with E-state index in [1.54, 1.807) is 36.4 Å². The van der Waals surface area contributed by atoms with Crippen LogP contribution in [0, 0.1) is 23.5 Å².